The molecule has 0 saturated carbocycles. The monoisotopic (exact) mass is 314 g/mol. The number of halogens is 1. The molecule has 0 bridgehead atoms. The van der Waals surface area contributed by atoms with Gasteiger partial charge in [0.05, 0.1) is 0 Å². The van der Waals surface area contributed by atoms with Crippen LogP contribution in [0, 0.1) is 5.41 Å². The Labute approximate surface area is 114 Å². The van der Waals surface area contributed by atoms with Crippen molar-refractivity contribution in [3.8, 4) is 0 Å². The van der Waals surface area contributed by atoms with Crippen molar-refractivity contribution < 1.29 is 14.7 Å². The topological polar surface area (TPSA) is 79.3 Å². The maximum absolute atomic E-state index is 11.9. The Bertz CT molecular complexity index is 469. The van der Waals surface area contributed by atoms with Gasteiger partial charge in [-0.15, -0.1) is 0 Å². The molecule has 6 heteroatoms. The molecule has 0 unspecified atom stereocenters. The highest BCUT2D eigenvalue weighted by atomic mass is 79.9. The summed E-state index contributed by atoms with van der Waals surface area (Å²) in [4.78, 5) is 27.0. The maximum Gasteiger partial charge on any atom is 0.326 e. The number of carboxylic acids is 1. The van der Waals surface area contributed by atoms with Crippen LogP contribution in [-0.2, 0) is 4.79 Å². The molecule has 1 heterocycles. The lowest BCUT2D eigenvalue weighted by Crippen LogP contribution is -2.49. The van der Waals surface area contributed by atoms with Crippen LogP contribution < -0.4 is 5.32 Å². The number of nitrogens with zero attached hydrogens (tertiary/aromatic N) is 1. The van der Waals surface area contributed by atoms with Gasteiger partial charge in [-0.3, -0.25) is 4.79 Å². The Hall–Kier alpha value is -1.43. The van der Waals surface area contributed by atoms with E-state index in [1.165, 1.54) is 18.3 Å². The number of aliphatic carboxylic acids is 1. The predicted octanol–water partition coefficient (Wildman–Crippen LogP) is 2.07. The molecule has 0 saturated heterocycles. The van der Waals surface area contributed by atoms with Crippen LogP contribution in [0.25, 0.3) is 0 Å². The fraction of sp³-hybridized carbons (Fsp3) is 0.417. The van der Waals surface area contributed by atoms with Crippen LogP contribution in [-0.4, -0.2) is 28.0 Å². The summed E-state index contributed by atoms with van der Waals surface area (Å²) in [6.45, 7) is 5.28. The van der Waals surface area contributed by atoms with Crippen molar-refractivity contribution in [1.29, 1.82) is 0 Å². The van der Waals surface area contributed by atoms with Gasteiger partial charge in [0.25, 0.3) is 5.91 Å². The highest BCUT2D eigenvalue weighted by molar-refractivity contribution is 9.10. The molecular weight excluding hydrogens is 300 g/mol. The molecule has 1 aromatic heterocycles. The molecule has 0 fully saturated rings. The third-order valence-corrected chi connectivity index (χ3v) is 2.81. The summed E-state index contributed by atoms with van der Waals surface area (Å²) in [5.74, 6) is -1.48. The molecule has 0 spiro atoms. The Morgan fingerprint density at radius 1 is 1.44 bits per heavy atom. The van der Waals surface area contributed by atoms with Crippen molar-refractivity contribution in [1.82, 2.24) is 10.3 Å². The lowest BCUT2D eigenvalue weighted by molar-refractivity contribution is -0.142. The van der Waals surface area contributed by atoms with Crippen molar-refractivity contribution in [2.45, 2.75) is 26.8 Å². The first kappa shape index (κ1) is 14.6. The number of hydrogen-bond acceptors (Lipinski definition) is 3. The van der Waals surface area contributed by atoms with Gasteiger partial charge in [0.15, 0.2) is 0 Å². The van der Waals surface area contributed by atoms with E-state index < -0.39 is 23.3 Å². The number of amides is 1. The molecule has 1 amide bonds. The zero-order valence-corrected chi connectivity index (χ0v) is 12.0. The summed E-state index contributed by atoms with van der Waals surface area (Å²) in [5.41, 5.74) is -0.196. The fourth-order valence-electron chi connectivity index (χ4n) is 1.41. The molecule has 0 aliphatic rings. The highest BCUT2D eigenvalue weighted by Crippen LogP contribution is 2.20. The van der Waals surface area contributed by atoms with E-state index in [1.54, 1.807) is 20.8 Å². The maximum atomic E-state index is 11.9. The predicted molar refractivity (Wildman–Crippen MR) is 70.3 cm³/mol. The van der Waals surface area contributed by atoms with E-state index in [1.807, 2.05) is 0 Å². The van der Waals surface area contributed by atoms with Crippen LogP contribution in [0.5, 0.6) is 0 Å². The highest BCUT2D eigenvalue weighted by Gasteiger charge is 2.32. The van der Waals surface area contributed by atoms with Crippen LogP contribution in [0.4, 0.5) is 0 Å². The summed E-state index contributed by atoms with van der Waals surface area (Å²) in [5, 5.41) is 11.6. The zero-order chi connectivity index (χ0) is 13.9. The van der Waals surface area contributed by atoms with Crippen LogP contribution in [0.3, 0.4) is 0 Å². The minimum atomic E-state index is -1.05. The summed E-state index contributed by atoms with van der Waals surface area (Å²) >= 11 is 3.16. The summed E-state index contributed by atoms with van der Waals surface area (Å²) in [6, 6.07) is 2.12. The van der Waals surface area contributed by atoms with E-state index in [0.29, 0.717) is 10.2 Å². The average Bonchev–Trinajstić information content (AvgIpc) is 2.23. The van der Waals surface area contributed by atoms with Crippen LogP contribution >= 0.6 is 15.9 Å². The molecule has 0 aliphatic carbocycles. The molecule has 0 aliphatic heterocycles. The molecule has 18 heavy (non-hydrogen) atoms. The number of carbonyl (C=O) groups is 2. The van der Waals surface area contributed by atoms with Crippen molar-refractivity contribution in [3.63, 3.8) is 0 Å². The van der Waals surface area contributed by atoms with Crippen molar-refractivity contribution in [3.05, 3.63) is 28.5 Å². The lowest BCUT2D eigenvalue weighted by Gasteiger charge is -2.27. The largest absolute Gasteiger partial charge is 0.480 e. The van der Waals surface area contributed by atoms with E-state index in [9.17, 15) is 9.59 Å². The van der Waals surface area contributed by atoms with Gasteiger partial charge < -0.3 is 10.4 Å². The molecule has 5 nitrogen and oxygen atoms in total. The Balaban J connectivity index is 2.89. The number of hydrogen-bond donors (Lipinski definition) is 2. The molecule has 1 aromatic rings. The molecule has 98 valence electrons. The number of carboxylic acid groups (broad SMARTS) is 1. The van der Waals surface area contributed by atoms with Gasteiger partial charge in [0.1, 0.15) is 10.6 Å². The first-order valence-corrected chi connectivity index (χ1v) is 6.16. The van der Waals surface area contributed by atoms with Crippen LogP contribution in [0.1, 0.15) is 31.1 Å². The van der Waals surface area contributed by atoms with Gasteiger partial charge in [-0.05, 0) is 33.5 Å². The normalized spacial score (nSPS) is 12.9. The van der Waals surface area contributed by atoms with Gasteiger partial charge >= 0.3 is 5.97 Å². The van der Waals surface area contributed by atoms with Gasteiger partial charge in [0.2, 0.25) is 0 Å². The minimum Gasteiger partial charge on any atom is -0.480 e. The second-order valence-electron chi connectivity index (χ2n) is 4.98. The second-order valence-corrected chi connectivity index (χ2v) is 5.79. The summed E-state index contributed by atoms with van der Waals surface area (Å²) in [6.07, 6.45) is 1.48. The Morgan fingerprint density at radius 3 is 2.50 bits per heavy atom. The van der Waals surface area contributed by atoms with Crippen LogP contribution in [0.2, 0.25) is 0 Å². The third-order valence-electron chi connectivity index (χ3n) is 2.38. The number of pyridine rings is 1. The number of aromatic nitrogens is 1. The third kappa shape index (κ3) is 3.80. The molecule has 1 atom stereocenters. The molecular formula is C12H15BrN2O3. The van der Waals surface area contributed by atoms with Crippen molar-refractivity contribution in [2.24, 2.45) is 5.41 Å². The average molecular weight is 315 g/mol. The van der Waals surface area contributed by atoms with E-state index >= 15 is 0 Å². The number of carbonyl (C=O) groups excluding carboxylic acids is 1. The second kappa shape index (κ2) is 5.48. The molecule has 2 N–H and O–H groups in total. The van der Waals surface area contributed by atoms with Crippen molar-refractivity contribution in [2.75, 3.05) is 0 Å². The van der Waals surface area contributed by atoms with Gasteiger partial charge in [-0.25, -0.2) is 9.78 Å². The van der Waals surface area contributed by atoms with E-state index in [0.717, 1.165) is 0 Å². The van der Waals surface area contributed by atoms with Crippen molar-refractivity contribution >= 4 is 27.8 Å². The Kier molecular flexibility index (Phi) is 4.45. The lowest BCUT2D eigenvalue weighted by atomic mass is 9.86. The van der Waals surface area contributed by atoms with Gasteiger partial charge in [-0.2, -0.15) is 0 Å². The van der Waals surface area contributed by atoms with E-state index in [2.05, 4.69) is 26.2 Å². The quantitative estimate of drug-likeness (QED) is 0.837. The molecule has 0 radical (unpaired) electrons. The first-order chi connectivity index (χ1) is 8.21. The van der Waals surface area contributed by atoms with Gasteiger partial charge in [-0.1, -0.05) is 20.8 Å². The smallest absolute Gasteiger partial charge is 0.326 e. The summed E-state index contributed by atoms with van der Waals surface area (Å²) < 4.78 is 0.526. The summed E-state index contributed by atoms with van der Waals surface area (Å²) in [7, 11) is 0. The number of nitrogens with one attached hydrogen (secondary N) is 1. The fourth-order valence-corrected chi connectivity index (χ4v) is 1.77. The SMILES string of the molecule is CC(C)(C)[C@@H](NC(=O)c1ccnc(Br)c1)C(=O)O. The van der Waals surface area contributed by atoms with Crippen LogP contribution in [0.15, 0.2) is 22.9 Å². The minimum absolute atomic E-state index is 0.368. The molecule has 0 aromatic carbocycles. The number of rotatable bonds is 3. The standard InChI is InChI=1S/C12H15BrN2O3/c1-12(2,3)9(11(17)18)15-10(16)7-4-5-14-8(13)6-7/h4-6,9H,1-3H3,(H,15,16)(H,17,18)/t9-/m0/s1. The Morgan fingerprint density at radius 2 is 2.06 bits per heavy atom. The van der Waals surface area contributed by atoms with E-state index in [4.69, 9.17) is 5.11 Å². The molecule has 1 rings (SSSR count). The van der Waals surface area contributed by atoms with Gasteiger partial charge in [0, 0.05) is 11.8 Å². The zero-order valence-electron chi connectivity index (χ0n) is 10.4. The van der Waals surface area contributed by atoms with E-state index in [-0.39, 0.29) is 0 Å². The first-order valence-electron chi connectivity index (χ1n) is 5.37.